The van der Waals surface area contributed by atoms with E-state index < -0.39 is 0 Å². The molecular weight excluding hydrogens is 324 g/mol. The minimum absolute atomic E-state index is 0.173. The second-order valence-electron chi connectivity index (χ2n) is 5.07. The minimum Gasteiger partial charge on any atom is -0.272 e. The third-order valence-electron chi connectivity index (χ3n) is 3.16. The van der Waals surface area contributed by atoms with Crippen LogP contribution in [-0.2, 0) is 11.3 Å². The summed E-state index contributed by atoms with van der Waals surface area (Å²) in [5.74, 6) is 0.0912. The maximum atomic E-state index is 11.8. The van der Waals surface area contributed by atoms with Gasteiger partial charge in [0.05, 0.1) is 28.6 Å². The van der Waals surface area contributed by atoms with E-state index in [0.29, 0.717) is 6.54 Å². The lowest BCUT2D eigenvalue weighted by atomic mass is 10.3. The molecule has 122 valence electrons. The quantitative estimate of drug-likeness (QED) is 0.422. The number of hydrazone groups is 1. The van der Waals surface area contributed by atoms with Crippen molar-refractivity contribution < 1.29 is 4.79 Å². The van der Waals surface area contributed by atoms with Gasteiger partial charge < -0.3 is 0 Å². The number of carbonyl (C=O) groups excluding carboxylic acids is 1. The average molecular weight is 340 g/mol. The molecule has 1 aromatic carbocycles. The van der Waals surface area contributed by atoms with Gasteiger partial charge in [0.15, 0.2) is 0 Å². The number of nitrogens with one attached hydrogen (secondary N) is 1. The van der Waals surface area contributed by atoms with Crippen LogP contribution in [0.15, 0.2) is 58.8 Å². The van der Waals surface area contributed by atoms with Crippen molar-refractivity contribution in [2.45, 2.75) is 18.5 Å². The second-order valence-corrected chi connectivity index (χ2v) is 6.07. The van der Waals surface area contributed by atoms with Crippen LogP contribution in [0.3, 0.4) is 0 Å². The topological polar surface area (TPSA) is 85.1 Å². The summed E-state index contributed by atoms with van der Waals surface area (Å²) in [5.41, 5.74) is 5.06. The number of hydrogen-bond acceptors (Lipinski definition) is 6. The predicted octanol–water partition coefficient (Wildman–Crippen LogP) is 2.11. The molecule has 0 aliphatic carbocycles. The molecule has 0 aliphatic rings. The molecule has 0 spiro atoms. The average Bonchev–Trinajstić information content (AvgIpc) is 3.02. The predicted molar refractivity (Wildman–Crippen MR) is 93.7 cm³/mol. The van der Waals surface area contributed by atoms with Gasteiger partial charge in [-0.1, -0.05) is 35.2 Å². The summed E-state index contributed by atoms with van der Waals surface area (Å²) in [6.45, 7) is 2.30. The molecular formula is C16H16N6OS. The smallest absolute Gasteiger partial charge is 0.250 e. The van der Waals surface area contributed by atoms with Crippen molar-refractivity contribution in [3.8, 4) is 0 Å². The van der Waals surface area contributed by atoms with Gasteiger partial charge >= 0.3 is 0 Å². The van der Waals surface area contributed by atoms with Gasteiger partial charge in [0.2, 0.25) is 5.91 Å². The Labute approximate surface area is 143 Å². The van der Waals surface area contributed by atoms with Crippen LogP contribution in [0.1, 0.15) is 6.92 Å². The third-order valence-corrected chi connectivity index (χ3v) is 4.10. The molecule has 2 heterocycles. The van der Waals surface area contributed by atoms with Crippen LogP contribution in [-0.4, -0.2) is 37.3 Å². The molecule has 2 aromatic heterocycles. The summed E-state index contributed by atoms with van der Waals surface area (Å²) >= 11 is 1.37. The Bertz CT molecular complexity index is 861. The first-order chi connectivity index (χ1) is 11.7. The van der Waals surface area contributed by atoms with Gasteiger partial charge in [-0.3, -0.25) is 4.79 Å². The summed E-state index contributed by atoms with van der Waals surface area (Å²) in [5, 5.41) is 13.1. The van der Waals surface area contributed by atoms with Gasteiger partial charge in [0.25, 0.3) is 0 Å². The van der Waals surface area contributed by atoms with Crippen molar-refractivity contribution in [2.75, 3.05) is 5.75 Å². The monoisotopic (exact) mass is 340 g/mol. The number of benzene rings is 1. The van der Waals surface area contributed by atoms with Crippen LogP contribution in [0.4, 0.5) is 0 Å². The molecule has 0 unspecified atom stereocenters. The van der Waals surface area contributed by atoms with Gasteiger partial charge in [-0.15, -0.1) is 5.10 Å². The van der Waals surface area contributed by atoms with Gasteiger partial charge in [-0.25, -0.2) is 15.1 Å². The standard InChI is InChI=1S/C16H16N6OS/c1-12(10-22-14-7-3-2-6-13(14)19-21-22)18-20-15(23)11-24-16-8-4-5-9-17-16/h2-9H,10-11H2,1H3,(H,20,23). The number of hydrogen-bond donors (Lipinski definition) is 1. The van der Waals surface area contributed by atoms with Crippen molar-refractivity contribution in [1.29, 1.82) is 0 Å². The van der Waals surface area contributed by atoms with E-state index in [0.717, 1.165) is 21.8 Å². The van der Waals surface area contributed by atoms with Gasteiger partial charge in [-0.2, -0.15) is 5.10 Å². The molecule has 24 heavy (non-hydrogen) atoms. The van der Waals surface area contributed by atoms with E-state index in [1.807, 2.05) is 49.4 Å². The lowest BCUT2D eigenvalue weighted by Crippen LogP contribution is -2.22. The molecule has 0 fully saturated rings. The highest BCUT2D eigenvalue weighted by Crippen LogP contribution is 2.13. The van der Waals surface area contributed by atoms with Crippen molar-refractivity contribution in [2.24, 2.45) is 5.10 Å². The number of rotatable bonds is 6. The number of amides is 1. The van der Waals surface area contributed by atoms with E-state index in [4.69, 9.17) is 0 Å². The van der Waals surface area contributed by atoms with Crippen LogP contribution >= 0.6 is 11.8 Å². The van der Waals surface area contributed by atoms with Crippen molar-refractivity contribution in [3.63, 3.8) is 0 Å². The van der Waals surface area contributed by atoms with Gasteiger partial charge in [-0.05, 0) is 31.2 Å². The zero-order valence-electron chi connectivity index (χ0n) is 13.1. The molecule has 3 rings (SSSR count). The first-order valence-corrected chi connectivity index (χ1v) is 8.35. The normalized spacial score (nSPS) is 11.6. The molecule has 8 heteroatoms. The number of carbonyl (C=O) groups is 1. The lowest BCUT2D eigenvalue weighted by molar-refractivity contribution is -0.118. The highest BCUT2D eigenvalue weighted by atomic mass is 32.2. The Morgan fingerprint density at radius 2 is 2.08 bits per heavy atom. The fourth-order valence-corrected chi connectivity index (χ4v) is 2.70. The number of thioether (sulfide) groups is 1. The number of aromatic nitrogens is 4. The Hall–Kier alpha value is -2.74. The van der Waals surface area contributed by atoms with Gasteiger partial charge in [0.1, 0.15) is 5.52 Å². The van der Waals surface area contributed by atoms with Crippen LogP contribution in [0.25, 0.3) is 11.0 Å². The summed E-state index contributed by atoms with van der Waals surface area (Å²) in [4.78, 5) is 16.0. The molecule has 7 nitrogen and oxygen atoms in total. The van der Waals surface area contributed by atoms with Crippen LogP contribution in [0, 0.1) is 0 Å². The summed E-state index contributed by atoms with van der Waals surface area (Å²) < 4.78 is 1.75. The molecule has 0 aliphatic heterocycles. The van der Waals surface area contributed by atoms with E-state index >= 15 is 0 Å². The Morgan fingerprint density at radius 1 is 1.25 bits per heavy atom. The number of fused-ring (bicyclic) bond motifs is 1. The number of nitrogens with zero attached hydrogens (tertiary/aromatic N) is 5. The largest absolute Gasteiger partial charge is 0.272 e. The molecule has 3 aromatic rings. The van der Waals surface area contributed by atoms with Crippen LogP contribution in [0.5, 0.6) is 0 Å². The zero-order valence-corrected chi connectivity index (χ0v) is 13.9. The zero-order chi connectivity index (χ0) is 16.8. The van der Waals surface area contributed by atoms with Crippen LogP contribution < -0.4 is 5.43 Å². The fourth-order valence-electron chi connectivity index (χ4n) is 2.05. The van der Waals surface area contributed by atoms with E-state index in [1.54, 1.807) is 10.9 Å². The maximum Gasteiger partial charge on any atom is 0.250 e. The Morgan fingerprint density at radius 3 is 2.92 bits per heavy atom. The number of pyridine rings is 1. The molecule has 0 saturated carbocycles. The van der Waals surface area contributed by atoms with Crippen LogP contribution in [0.2, 0.25) is 0 Å². The Kier molecular flexibility index (Phi) is 5.17. The molecule has 1 N–H and O–H groups in total. The SMILES string of the molecule is CC(Cn1nnc2ccccc21)=NNC(=O)CSc1ccccn1. The highest BCUT2D eigenvalue weighted by molar-refractivity contribution is 7.99. The minimum atomic E-state index is -0.173. The summed E-state index contributed by atoms with van der Waals surface area (Å²) in [6, 6.07) is 13.3. The summed E-state index contributed by atoms with van der Waals surface area (Å²) in [6.07, 6.45) is 1.70. The van der Waals surface area contributed by atoms with E-state index in [9.17, 15) is 4.79 Å². The van der Waals surface area contributed by atoms with E-state index in [2.05, 4.69) is 25.8 Å². The molecule has 0 radical (unpaired) electrons. The molecule has 0 bridgehead atoms. The van der Waals surface area contributed by atoms with Crippen molar-refractivity contribution in [3.05, 3.63) is 48.7 Å². The third kappa shape index (κ3) is 4.17. The summed E-state index contributed by atoms with van der Waals surface area (Å²) in [7, 11) is 0. The van der Waals surface area contributed by atoms with Crippen molar-refractivity contribution >= 4 is 34.4 Å². The second kappa shape index (κ2) is 7.69. The van der Waals surface area contributed by atoms with Gasteiger partial charge in [0, 0.05) is 6.20 Å². The lowest BCUT2D eigenvalue weighted by Gasteiger charge is -2.03. The van der Waals surface area contributed by atoms with Crippen molar-refractivity contribution in [1.82, 2.24) is 25.4 Å². The first kappa shape index (κ1) is 16.1. The molecule has 0 saturated heterocycles. The Balaban J connectivity index is 1.53. The van der Waals surface area contributed by atoms with E-state index in [1.165, 1.54) is 11.8 Å². The highest BCUT2D eigenvalue weighted by Gasteiger charge is 2.06. The first-order valence-electron chi connectivity index (χ1n) is 7.36. The fraction of sp³-hybridized carbons (Fsp3) is 0.188. The molecule has 0 atom stereocenters. The maximum absolute atomic E-state index is 11.8. The number of para-hydroxylation sites is 1. The molecule has 1 amide bonds. The van der Waals surface area contributed by atoms with E-state index in [-0.39, 0.29) is 11.7 Å².